The molecular formula is C10H10ClF2NO2. The van der Waals surface area contributed by atoms with Crippen molar-refractivity contribution in [2.75, 3.05) is 0 Å². The SMILES string of the molecule is CC(F)(F)C(N)(C(=O)O)c1ccc(Cl)cc1. The molecule has 1 unspecified atom stereocenters. The minimum atomic E-state index is -3.59. The van der Waals surface area contributed by atoms with Crippen molar-refractivity contribution in [3.05, 3.63) is 34.9 Å². The van der Waals surface area contributed by atoms with E-state index in [0.717, 1.165) is 0 Å². The molecule has 0 saturated carbocycles. The van der Waals surface area contributed by atoms with Gasteiger partial charge in [0, 0.05) is 11.9 Å². The molecule has 3 N–H and O–H groups in total. The average Bonchev–Trinajstić information content (AvgIpc) is 2.15. The van der Waals surface area contributed by atoms with Gasteiger partial charge in [-0.15, -0.1) is 0 Å². The van der Waals surface area contributed by atoms with E-state index < -0.39 is 17.4 Å². The van der Waals surface area contributed by atoms with Gasteiger partial charge in [0.05, 0.1) is 0 Å². The van der Waals surface area contributed by atoms with Gasteiger partial charge in [0.1, 0.15) is 0 Å². The van der Waals surface area contributed by atoms with Crippen LogP contribution in [-0.2, 0) is 10.3 Å². The van der Waals surface area contributed by atoms with Crippen LogP contribution in [0.15, 0.2) is 24.3 Å². The Kier molecular flexibility index (Phi) is 3.21. The van der Waals surface area contributed by atoms with Crippen LogP contribution in [0.25, 0.3) is 0 Å². The van der Waals surface area contributed by atoms with Gasteiger partial charge in [0.25, 0.3) is 5.92 Å². The van der Waals surface area contributed by atoms with Crippen molar-refractivity contribution < 1.29 is 18.7 Å². The van der Waals surface area contributed by atoms with E-state index in [1.807, 2.05) is 0 Å². The second kappa shape index (κ2) is 3.99. The van der Waals surface area contributed by atoms with Crippen molar-refractivity contribution in [3.63, 3.8) is 0 Å². The Morgan fingerprint density at radius 1 is 1.38 bits per heavy atom. The summed E-state index contributed by atoms with van der Waals surface area (Å²) in [6.45, 7) is 0.468. The number of nitrogens with two attached hydrogens (primary N) is 1. The molecule has 1 aromatic rings. The first-order valence-corrected chi connectivity index (χ1v) is 4.73. The summed E-state index contributed by atoms with van der Waals surface area (Å²) < 4.78 is 26.5. The maximum absolute atomic E-state index is 13.3. The number of alkyl halides is 2. The summed E-state index contributed by atoms with van der Waals surface area (Å²) in [5, 5.41) is 9.17. The van der Waals surface area contributed by atoms with Crippen LogP contribution in [0.4, 0.5) is 8.78 Å². The molecule has 0 radical (unpaired) electrons. The highest BCUT2D eigenvalue weighted by molar-refractivity contribution is 6.30. The van der Waals surface area contributed by atoms with Gasteiger partial charge < -0.3 is 10.8 Å². The maximum atomic E-state index is 13.3. The molecule has 0 aromatic heterocycles. The lowest BCUT2D eigenvalue weighted by atomic mass is 9.85. The largest absolute Gasteiger partial charge is 0.479 e. The second-order valence-corrected chi connectivity index (χ2v) is 3.94. The van der Waals surface area contributed by atoms with E-state index >= 15 is 0 Å². The molecule has 0 heterocycles. The molecule has 6 heteroatoms. The van der Waals surface area contributed by atoms with Crippen LogP contribution in [0, 0.1) is 0 Å². The Morgan fingerprint density at radius 2 is 1.81 bits per heavy atom. The van der Waals surface area contributed by atoms with Crippen LogP contribution < -0.4 is 5.73 Å². The maximum Gasteiger partial charge on any atom is 0.334 e. The molecule has 0 amide bonds. The zero-order valence-corrected chi connectivity index (χ0v) is 9.13. The zero-order valence-electron chi connectivity index (χ0n) is 8.38. The van der Waals surface area contributed by atoms with Gasteiger partial charge in [-0.05, 0) is 17.7 Å². The third-order valence-corrected chi connectivity index (χ3v) is 2.58. The molecule has 0 aliphatic rings. The highest BCUT2D eigenvalue weighted by atomic mass is 35.5. The second-order valence-electron chi connectivity index (χ2n) is 3.51. The fourth-order valence-electron chi connectivity index (χ4n) is 1.28. The molecule has 0 bridgehead atoms. The van der Waals surface area contributed by atoms with Crippen LogP contribution in [-0.4, -0.2) is 17.0 Å². The van der Waals surface area contributed by atoms with E-state index in [1.165, 1.54) is 24.3 Å². The molecule has 0 spiro atoms. The lowest BCUT2D eigenvalue weighted by Crippen LogP contribution is -2.57. The minimum Gasteiger partial charge on any atom is -0.479 e. The first kappa shape index (κ1) is 12.9. The topological polar surface area (TPSA) is 63.3 Å². The molecule has 0 aliphatic heterocycles. The summed E-state index contributed by atoms with van der Waals surface area (Å²) in [5.74, 6) is -5.38. The number of carbonyl (C=O) groups is 1. The minimum absolute atomic E-state index is 0.197. The van der Waals surface area contributed by atoms with E-state index in [1.54, 1.807) is 0 Å². The third-order valence-electron chi connectivity index (χ3n) is 2.33. The molecule has 16 heavy (non-hydrogen) atoms. The number of aliphatic carboxylic acids is 1. The predicted octanol–water partition coefficient (Wildman–Crippen LogP) is 2.23. The van der Waals surface area contributed by atoms with E-state index in [4.69, 9.17) is 22.4 Å². The predicted molar refractivity (Wildman–Crippen MR) is 55.6 cm³/mol. The summed E-state index contributed by atoms with van der Waals surface area (Å²) in [6, 6.07) is 4.97. The van der Waals surface area contributed by atoms with Gasteiger partial charge in [0.2, 0.25) is 5.54 Å². The Balaban J connectivity index is 3.34. The summed E-state index contributed by atoms with van der Waals surface area (Å²) in [6.07, 6.45) is 0. The molecule has 3 nitrogen and oxygen atoms in total. The molecule has 1 aromatic carbocycles. The highest BCUT2D eigenvalue weighted by Gasteiger charge is 2.54. The van der Waals surface area contributed by atoms with Gasteiger partial charge in [-0.1, -0.05) is 23.7 Å². The molecular weight excluding hydrogens is 240 g/mol. The molecule has 0 fully saturated rings. The first-order chi connectivity index (χ1) is 7.19. The van der Waals surface area contributed by atoms with Crippen LogP contribution >= 0.6 is 11.6 Å². The van der Waals surface area contributed by atoms with Crippen LogP contribution in [0.5, 0.6) is 0 Å². The fourth-order valence-corrected chi connectivity index (χ4v) is 1.40. The lowest BCUT2D eigenvalue weighted by molar-refractivity contribution is -0.160. The van der Waals surface area contributed by atoms with Crippen molar-refractivity contribution in [1.29, 1.82) is 0 Å². The highest BCUT2D eigenvalue weighted by Crippen LogP contribution is 2.35. The van der Waals surface area contributed by atoms with Gasteiger partial charge in [0.15, 0.2) is 0 Å². The Bertz CT molecular complexity index is 402. The van der Waals surface area contributed by atoms with Gasteiger partial charge in [-0.3, -0.25) is 0 Å². The molecule has 88 valence electrons. The first-order valence-electron chi connectivity index (χ1n) is 4.35. The van der Waals surface area contributed by atoms with Crippen LogP contribution in [0.1, 0.15) is 12.5 Å². The third kappa shape index (κ3) is 2.01. The zero-order chi connectivity index (χ0) is 12.6. The normalized spacial score (nSPS) is 15.6. The fraction of sp³-hybridized carbons (Fsp3) is 0.300. The number of halogens is 3. The van der Waals surface area contributed by atoms with Crippen molar-refractivity contribution >= 4 is 17.6 Å². The molecule has 0 aliphatic carbocycles. The summed E-state index contributed by atoms with van der Waals surface area (Å²) in [4.78, 5) is 10.9. The van der Waals surface area contributed by atoms with Crippen molar-refractivity contribution in [2.45, 2.75) is 18.4 Å². The van der Waals surface area contributed by atoms with Crippen molar-refractivity contribution in [3.8, 4) is 0 Å². The number of benzene rings is 1. The smallest absolute Gasteiger partial charge is 0.334 e. The van der Waals surface area contributed by atoms with Crippen LogP contribution in [0.2, 0.25) is 5.02 Å². The summed E-state index contributed by atoms with van der Waals surface area (Å²) in [7, 11) is 0. The van der Waals surface area contributed by atoms with Crippen molar-refractivity contribution in [2.24, 2.45) is 5.73 Å². The standard InChI is InChI=1S/C10H10ClF2NO2/c1-9(12,13)10(14,8(15)16)6-2-4-7(11)5-3-6/h2-5H,14H2,1H3,(H,15,16). The number of carboxylic acid groups (broad SMARTS) is 1. The average molecular weight is 250 g/mol. The molecule has 0 saturated heterocycles. The number of rotatable bonds is 3. The number of carboxylic acids is 1. The number of hydrogen-bond acceptors (Lipinski definition) is 2. The van der Waals surface area contributed by atoms with Gasteiger partial charge >= 0.3 is 5.97 Å². The van der Waals surface area contributed by atoms with Gasteiger partial charge in [-0.25, -0.2) is 13.6 Å². The number of hydrogen-bond donors (Lipinski definition) is 2. The van der Waals surface area contributed by atoms with E-state index in [2.05, 4.69) is 0 Å². The molecule has 1 atom stereocenters. The van der Waals surface area contributed by atoms with Crippen molar-refractivity contribution in [1.82, 2.24) is 0 Å². The van der Waals surface area contributed by atoms with Gasteiger partial charge in [-0.2, -0.15) is 0 Å². The lowest BCUT2D eigenvalue weighted by Gasteiger charge is -2.31. The van der Waals surface area contributed by atoms with Crippen LogP contribution in [0.3, 0.4) is 0 Å². The monoisotopic (exact) mass is 249 g/mol. The Hall–Kier alpha value is -1.20. The Morgan fingerprint density at radius 3 is 2.12 bits per heavy atom. The Labute approximate surface area is 95.8 Å². The quantitative estimate of drug-likeness (QED) is 0.864. The van der Waals surface area contributed by atoms with E-state index in [-0.39, 0.29) is 5.56 Å². The molecule has 1 rings (SSSR count). The van der Waals surface area contributed by atoms with E-state index in [0.29, 0.717) is 11.9 Å². The summed E-state index contributed by atoms with van der Waals surface area (Å²) in [5.41, 5.74) is 2.35. The van der Waals surface area contributed by atoms with E-state index in [9.17, 15) is 13.6 Å². The summed E-state index contributed by atoms with van der Waals surface area (Å²) >= 11 is 5.58.